The van der Waals surface area contributed by atoms with Gasteiger partial charge in [0.05, 0.1) is 27.2 Å². The minimum atomic E-state index is -0.179. The molecule has 3 aromatic rings. The van der Waals surface area contributed by atoms with Crippen LogP contribution in [0.15, 0.2) is 36.4 Å². The van der Waals surface area contributed by atoms with E-state index in [-0.39, 0.29) is 54.6 Å². The Labute approximate surface area is 186 Å². The molecule has 0 saturated heterocycles. The molecule has 0 aromatic heterocycles. The number of nitrogen functional groups attached to an aromatic ring is 2. The van der Waals surface area contributed by atoms with Crippen molar-refractivity contribution in [1.29, 1.82) is 0 Å². The second-order valence-corrected chi connectivity index (χ2v) is 7.44. The van der Waals surface area contributed by atoms with Gasteiger partial charge in [-0.05, 0) is 24.3 Å². The highest BCUT2D eigenvalue weighted by Gasteiger charge is 2.20. The van der Waals surface area contributed by atoms with Gasteiger partial charge in [0, 0.05) is 23.5 Å². The SMILES string of the molecule is COc1c(Oc2c(Cl)cc(N)cc2Cl)cc(O)cc1Oc1c(Cl)cc(N)cc1Cl. The number of aromatic hydroxyl groups is 1. The maximum absolute atomic E-state index is 10.1. The molecule has 0 unspecified atom stereocenters. The van der Waals surface area contributed by atoms with Gasteiger partial charge < -0.3 is 30.8 Å². The van der Waals surface area contributed by atoms with E-state index in [2.05, 4.69) is 0 Å². The number of hydrogen-bond acceptors (Lipinski definition) is 6. The molecule has 29 heavy (non-hydrogen) atoms. The van der Waals surface area contributed by atoms with Gasteiger partial charge in [-0.3, -0.25) is 0 Å². The van der Waals surface area contributed by atoms with Crippen molar-refractivity contribution in [2.24, 2.45) is 0 Å². The van der Waals surface area contributed by atoms with Gasteiger partial charge in [-0.2, -0.15) is 0 Å². The van der Waals surface area contributed by atoms with E-state index in [0.717, 1.165) is 0 Å². The third kappa shape index (κ3) is 4.62. The largest absolute Gasteiger partial charge is 0.508 e. The van der Waals surface area contributed by atoms with Gasteiger partial charge in [-0.25, -0.2) is 0 Å². The quantitative estimate of drug-likeness (QED) is 0.352. The van der Waals surface area contributed by atoms with E-state index in [4.69, 9.17) is 72.1 Å². The molecule has 6 nitrogen and oxygen atoms in total. The molecule has 0 spiro atoms. The molecule has 0 aliphatic carbocycles. The molecular weight excluding hydrogens is 462 g/mol. The van der Waals surface area contributed by atoms with E-state index in [0.29, 0.717) is 11.4 Å². The Kier molecular flexibility index (Phi) is 6.29. The van der Waals surface area contributed by atoms with Crippen LogP contribution < -0.4 is 25.7 Å². The lowest BCUT2D eigenvalue weighted by atomic mass is 10.2. The van der Waals surface area contributed by atoms with Gasteiger partial charge in [0.1, 0.15) is 5.75 Å². The number of benzene rings is 3. The van der Waals surface area contributed by atoms with Crippen molar-refractivity contribution in [2.45, 2.75) is 0 Å². The van der Waals surface area contributed by atoms with Crippen LogP contribution in [0.1, 0.15) is 0 Å². The summed E-state index contributed by atoms with van der Waals surface area (Å²) in [6.45, 7) is 0. The lowest BCUT2D eigenvalue weighted by Crippen LogP contribution is -1.97. The van der Waals surface area contributed by atoms with Crippen molar-refractivity contribution in [3.8, 4) is 34.5 Å². The summed E-state index contributed by atoms with van der Waals surface area (Å²) < 4.78 is 17.0. The number of methoxy groups -OCH3 is 1. The predicted octanol–water partition coefficient (Wildman–Crippen LogP) is 6.76. The first-order valence-electron chi connectivity index (χ1n) is 7.95. The fourth-order valence-electron chi connectivity index (χ4n) is 2.49. The summed E-state index contributed by atoms with van der Waals surface area (Å²) in [7, 11) is 1.39. The zero-order valence-corrected chi connectivity index (χ0v) is 17.8. The number of phenols is 1. The summed E-state index contributed by atoms with van der Waals surface area (Å²) in [5, 5.41) is 10.8. The van der Waals surface area contributed by atoms with Crippen molar-refractivity contribution in [1.82, 2.24) is 0 Å². The molecule has 0 amide bonds. The van der Waals surface area contributed by atoms with Gasteiger partial charge in [0.15, 0.2) is 23.0 Å². The minimum Gasteiger partial charge on any atom is -0.508 e. The van der Waals surface area contributed by atoms with E-state index in [1.54, 1.807) is 0 Å². The summed E-state index contributed by atoms with van der Waals surface area (Å²) in [6.07, 6.45) is 0. The second-order valence-electron chi connectivity index (χ2n) is 5.81. The molecule has 0 aliphatic rings. The van der Waals surface area contributed by atoms with Crippen molar-refractivity contribution in [3.05, 3.63) is 56.5 Å². The van der Waals surface area contributed by atoms with Gasteiger partial charge in [-0.1, -0.05) is 46.4 Å². The Hall–Kier alpha value is -2.38. The third-order valence-corrected chi connectivity index (χ3v) is 4.80. The van der Waals surface area contributed by atoms with Crippen LogP contribution in [0.25, 0.3) is 0 Å². The van der Waals surface area contributed by atoms with Crippen LogP contribution in [0.4, 0.5) is 11.4 Å². The van der Waals surface area contributed by atoms with Crippen molar-refractivity contribution < 1.29 is 19.3 Å². The first-order valence-corrected chi connectivity index (χ1v) is 9.46. The zero-order valence-electron chi connectivity index (χ0n) is 14.8. The fraction of sp³-hybridized carbons (Fsp3) is 0.0526. The number of anilines is 2. The number of halogens is 4. The average molecular weight is 476 g/mol. The number of phenolic OH excluding ortho intramolecular Hbond substituents is 1. The average Bonchev–Trinajstić information content (AvgIpc) is 2.60. The van der Waals surface area contributed by atoms with Gasteiger partial charge >= 0.3 is 0 Å². The Balaban J connectivity index is 2.07. The Bertz CT molecular complexity index is 965. The Morgan fingerprint density at radius 2 is 1.00 bits per heavy atom. The fourth-order valence-corrected chi connectivity index (χ4v) is 3.65. The minimum absolute atomic E-state index is 0.0822. The van der Waals surface area contributed by atoms with Crippen molar-refractivity contribution >= 4 is 57.8 Å². The highest BCUT2D eigenvalue weighted by atomic mass is 35.5. The highest BCUT2D eigenvalue weighted by molar-refractivity contribution is 6.38. The van der Waals surface area contributed by atoms with E-state index < -0.39 is 0 Å². The number of nitrogens with two attached hydrogens (primary N) is 2. The standard InChI is InChI=1S/C19H14Cl4N2O4/c1-27-19-15(28-17-11(20)2-8(24)3-12(17)21)6-10(26)7-16(19)29-18-13(22)4-9(25)5-14(18)23/h2-7,26H,24-25H2,1H3. The van der Waals surface area contributed by atoms with Crippen LogP contribution in [0, 0.1) is 0 Å². The molecular formula is C19H14Cl4N2O4. The van der Waals surface area contributed by atoms with E-state index in [1.165, 1.54) is 43.5 Å². The monoisotopic (exact) mass is 474 g/mol. The topological polar surface area (TPSA) is 100.0 Å². The lowest BCUT2D eigenvalue weighted by molar-refractivity contribution is 0.348. The zero-order chi connectivity index (χ0) is 21.3. The summed E-state index contributed by atoms with van der Waals surface area (Å²) in [5.74, 6) is 0.372. The summed E-state index contributed by atoms with van der Waals surface area (Å²) >= 11 is 24.7. The molecule has 152 valence electrons. The first-order chi connectivity index (χ1) is 13.7. The molecule has 0 atom stereocenters. The van der Waals surface area contributed by atoms with Crippen LogP contribution in [-0.4, -0.2) is 12.2 Å². The van der Waals surface area contributed by atoms with E-state index in [1.807, 2.05) is 0 Å². The number of hydrogen-bond donors (Lipinski definition) is 3. The van der Waals surface area contributed by atoms with Gasteiger partial charge in [0.2, 0.25) is 5.75 Å². The Morgan fingerprint density at radius 1 is 0.655 bits per heavy atom. The van der Waals surface area contributed by atoms with Crippen LogP contribution in [-0.2, 0) is 0 Å². The summed E-state index contributed by atoms with van der Waals surface area (Å²) in [4.78, 5) is 0. The van der Waals surface area contributed by atoms with Crippen molar-refractivity contribution in [2.75, 3.05) is 18.6 Å². The van der Waals surface area contributed by atoms with Crippen LogP contribution in [0.3, 0.4) is 0 Å². The molecule has 5 N–H and O–H groups in total. The van der Waals surface area contributed by atoms with E-state index in [9.17, 15) is 5.11 Å². The normalized spacial score (nSPS) is 10.7. The number of rotatable bonds is 5. The van der Waals surface area contributed by atoms with Gasteiger partial charge in [-0.15, -0.1) is 0 Å². The second kappa shape index (κ2) is 8.55. The molecule has 0 fully saturated rings. The maximum atomic E-state index is 10.1. The van der Waals surface area contributed by atoms with E-state index >= 15 is 0 Å². The molecule has 10 heteroatoms. The van der Waals surface area contributed by atoms with Gasteiger partial charge in [0.25, 0.3) is 0 Å². The summed E-state index contributed by atoms with van der Waals surface area (Å²) in [6, 6.07) is 8.52. The summed E-state index contributed by atoms with van der Waals surface area (Å²) in [5.41, 5.74) is 12.2. The first kappa shape index (κ1) is 21.3. The molecule has 0 aliphatic heterocycles. The smallest absolute Gasteiger partial charge is 0.204 e. The number of ether oxygens (including phenoxy) is 3. The Morgan fingerprint density at radius 3 is 1.31 bits per heavy atom. The molecule has 0 bridgehead atoms. The highest BCUT2D eigenvalue weighted by Crippen LogP contribution is 2.49. The lowest BCUT2D eigenvalue weighted by Gasteiger charge is -2.18. The third-order valence-electron chi connectivity index (χ3n) is 3.67. The molecule has 0 heterocycles. The van der Waals surface area contributed by atoms with Crippen molar-refractivity contribution in [3.63, 3.8) is 0 Å². The molecule has 3 rings (SSSR count). The van der Waals surface area contributed by atoms with Crippen LogP contribution >= 0.6 is 46.4 Å². The molecule has 0 saturated carbocycles. The molecule has 0 radical (unpaired) electrons. The maximum Gasteiger partial charge on any atom is 0.204 e. The van der Waals surface area contributed by atoms with Crippen LogP contribution in [0.2, 0.25) is 20.1 Å². The predicted molar refractivity (Wildman–Crippen MR) is 117 cm³/mol. The van der Waals surface area contributed by atoms with Crippen LogP contribution in [0.5, 0.6) is 34.5 Å². The molecule has 3 aromatic carbocycles.